The second-order valence-corrected chi connectivity index (χ2v) is 5.80. The second-order valence-electron chi connectivity index (χ2n) is 5.80. The molecule has 25 heavy (non-hydrogen) atoms. The molecule has 0 aliphatic heterocycles. The lowest BCUT2D eigenvalue weighted by Crippen LogP contribution is -2.17. The van der Waals surface area contributed by atoms with E-state index in [9.17, 15) is 19.7 Å². The van der Waals surface area contributed by atoms with Crippen LogP contribution in [0.15, 0.2) is 30.3 Å². The molecule has 2 rings (SSSR count). The summed E-state index contributed by atoms with van der Waals surface area (Å²) in [6, 6.07) is 7.23. The molecule has 0 heterocycles. The summed E-state index contributed by atoms with van der Waals surface area (Å²) < 4.78 is 5.01. The van der Waals surface area contributed by atoms with Crippen LogP contribution in [0.5, 0.6) is 0 Å². The van der Waals surface area contributed by atoms with Crippen molar-refractivity contribution in [2.75, 3.05) is 12.3 Å². The van der Waals surface area contributed by atoms with Gasteiger partial charge in [0.15, 0.2) is 6.61 Å². The molecule has 7 heteroatoms. The average molecular weight is 342 g/mol. The maximum absolute atomic E-state index is 12.4. The number of carbonyl (C=O) groups is 2. The fraction of sp³-hybridized carbons (Fsp3) is 0.222. The minimum Gasteiger partial charge on any atom is -0.454 e. The van der Waals surface area contributed by atoms with E-state index in [-0.39, 0.29) is 22.7 Å². The molecule has 0 aliphatic rings. The standard InChI is InChI=1S/C18H18N2O5/c1-10-6-11(2)17(12(3)7-10)16(21)9-25-18(22)14-8-13(20(23)24)4-5-15(14)19/h4-8H,9,19H2,1-3H3. The highest BCUT2D eigenvalue weighted by atomic mass is 16.6. The molecular formula is C18H18N2O5. The molecule has 0 radical (unpaired) electrons. The van der Waals surface area contributed by atoms with Crippen LogP contribution in [0.3, 0.4) is 0 Å². The number of aryl methyl sites for hydroxylation is 3. The minimum absolute atomic E-state index is 0.0470. The van der Waals surface area contributed by atoms with Gasteiger partial charge in [-0.2, -0.15) is 0 Å². The van der Waals surface area contributed by atoms with Crippen molar-refractivity contribution in [3.63, 3.8) is 0 Å². The highest BCUT2D eigenvalue weighted by Crippen LogP contribution is 2.21. The highest BCUT2D eigenvalue weighted by molar-refractivity contribution is 6.02. The maximum Gasteiger partial charge on any atom is 0.340 e. The van der Waals surface area contributed by atoms with Crippen molar-refractivity contribution in [2.45, 2.75) is 20.8 Å². The first-order valence-corrected chi connectivity index (χ1v) is 7.52. The van der Waals surface area contributed by atoms with Crippen LogP contribution in [0.2, 0.25) is 0 Å². The number of benzene rings is 2. The number of nitrogen functional groups attached to an aromatic ring is 1. The van der Waals surface area contributed by atoms with Crippen LogP contribution in [0.1, 0.15) is 37.4 Å². The first-order valence-electron chi connectivity index (χ1n) is 7.52. The third kappa shape index (κ3) is 4.00. The summed E-state index contributed by atoms with van der Waals surface area (Å²) in [6.07, 6.45) is 0. The van der Waals surface area contributed by atoms with E-state index < -0.39 is 17.5 Å². The molecule has 0 saturated carbocycles. The number of nitrogens with two attached hydrogens (primary N) is 1. The summed E-state index contributed by atoms with van der Waals surface area (Å²) in [5, 5.41) is 10.8. The smallest absolute Gasteiger partial charge is 0.340 e. The van der Waals surface area contributed by atoms with E-state index in [1.54, 1.807) is 0 Å². The fourth-order valence-electron chi connectivity index (χ4n) is 2.74. The van der Waals surface area contributed by atoms with Gasteiger partial charge in [-0.25, -0.2) is 4.79 Å². The molecule has 0 unspecified atom stereocenters. The van der Waals surface area contributed by atoms with Crippen LogP contribution in [-0.2, 0) is 4.74 Å². The lowest BCUT2D eigenvalue weighted by Gasteiger charge is -2.11. The predicted molar refractivity (Wildman–Crippen MR) is 92.8 cm³/mol. The van der Waals surface area contributed by atoms with Crippen molar-refractivity contribution >= 4 is 23.1 Å². The molecule has 0 atom stereocenters. The largest absolute Gasteiger partial charge is 0.454 e. The van der Waals surface area contributed by atoms with Crippen molar-refractivity contribution in [3.05, 3.63) is 68.3 Å². The number of nitro benzene ring substituents is 1. The van der Waals surface area contributed by atoms with Gasteiger partial charge in [0.05, 0.1) is 10.5 Å². The summed E-state index contributed by atoms with van der Waals surface area (Å²) in [4.78, 5) is 34.7. The molecule has 0 aromatic heterocycles. The van der Waals surface area contributed by atoms with Crippen molar-refractivity contribution in [1.29, 1.82) is 0 Å². The fourth-order valence-corrected chi connectivity index (χ4v) is 2.74. The van der Waals surface area contributed by atoms with E-state index in [1.165, 1.54) is 12.1 Å². The number of hydrogen-bond acceptors (Lipinski definition) is 6. The Bertz CT molecular complexity index is 851. The Morgan fingerprint density at radius 1 is 1.12 bits per heavy atom. The Morgan fingerprint density at radius 2 is 1.72 bits per heavy atom. The average Bonchev–Trinajstić information content (AvgIpc) is 2.51. The Kier molecular flexibility index (Phi) is 5.17. The number of Topliss-reactive ketones (excluding diaryl/α,β-unsaturated/α-hetero) is 1. The molecule has 0 fully saturated rings. The van der Waals surface area contributed by atoms with Crippen molar-refractivity contribution in [2.24, 2.45) is 0 Å². The SMILES string of the molecule is Cc1cc(C)c(C(=O)COC(=O)c2cc([N+](=O)[O-])ccc2N)c(C)c1. The number of rotatable bonds is 5. The van der Waals surface area contributed by atoms with Gasteiger partial charge in [-0.15, -0.1) is 0 Å². The van der Waals surface area contributed by atoms with Crippen LogP contribution < -0.4 is 5.73 Å². The molecule has 2 aromatic carbocycles. The number of nitrogens with zero attached hydrogens (tertiary/aromatic N) is 1. The van der Waals surface area contributed by atoms with Gasteiger partial charge < -0.3 is 10.5 Å². The van der Waals surface area contributed by atoms with Gasteiger partial charge in [-0.3, -0.25) is 14.9 Å². The van der Waals surface area contributed by atoms with Crippen LogP contribution in [-0.4, -0.2) is 23.3 Å². The molecule has 7 nitrogen and oxygen atoms in total. The van der Waals surface area contributed by atoms with Crippen LogP contribution in [0.25, 0.3) is 0 Å². The van der Waals surface area contributed by atoms with Crippen molar-refractivity contribution in [3.8, 4) is 0 Å². The molecule has 0 bridgehead atoms. The first kappa shape index (κ1) is 18.1. The molecule has 130 valence electrons. The molecule has 0 amide bonds. The summed E-state index contributed by atoms with van der Waals surface area (Å²) in [6.45, 7) is 5.09. The third-order valence-corrected chi connectivity index (χ3v) is 3.76. The van der Waals surface area contributed by atoms with E-state index in [1.807, 2.05) is 32.9 Å². The zero-order valence-electron chi connectivity index (χ0n) is 14.2. The maximum atomic E-state index is 12.4. The van der Waals surface area contributed by atoms with Gasteiger partial charge in [-0.05, 0) is 38.0 Å². The third-order valence-electron chi connectivity index (χ3n) is 3.76. The monoisotopic (exact) mass is 342 g/mol. The van der Waals surface area contributed by atoms with E-state index in [0.29, 0.717) is 5.56 Å². The number of anilines is 1. The molecular weight excluding hydrogens is 324 g/mol. The lowest BCUT2D eigenvalue weighted by molar-refractivity contribution is -0.384. The Labute approximate surface area is 144 Å². The summed E-state index contributed by atoms with van der Waals surface area (Å²) in [5.74, 6) is -1.22. The number of esters is 1. The normalized spacial score (nSPS) is 10.4. The van der Waals surface area contributed by atoms with Gasteiger partial charge in [0.25, 0.3) is 5.69 Å². The number of non-ortho nitro benzene ring substituents is 1. The van der Waals surface area contributed by atoms with Gasteiger partial charge in [0, 0.05) is 23.4 Å². The van der Waals surface area contributed by atoms with Crippen molar-refractivity contribution in [1.82, 2.24) is 0 Å². The number of carbonyl (C=O) groups excluding carboxylic acids is 2. The molecule has 0 spiro atoms. The topological polar surface area (TPSA) is 113 Å². The van der Waals surface area contributed by atoms with Gasteiger partial charge in [-0.1, -0.05) is 17.7 Å². The summed E-state index contributed by atoms with van der Waals surface area (Å²) in [7, 11) is 0. The summed E-state index contributed by atoms with van der Waals surface area (Å²) >= 11 is 0. The minimum atomic E-state index is -0.878. The number of ketones is 1. The second kappa shape index (κ2) is 7.12. The Balaban J connectivity index is 2.17. The van der Waals surface area contributed by atoms with Crippen molar-refractivity contribution < 1.29 is 19.2 Å². The molecule has 2 N–H and O–H groups in total. The van der Waals surface area contributed by atoms with E-state index in [2.05, 4.69) is 0 Å². The quantitative estimate of drug-likeness (QED) is 0.294. The van der Waals surface area contributed by atoms with Gasteiger partial charge >= 0.3 is 5.97 Å². The Morgan fingerprint density at radius 3 is 2.28 bits per heavy atom. The lowest BCUT2D eigenvalue weighted by atomic mass is 9.97. The zero-order chi connectivity index (χ0) is 18.7. The van der Waals surface area contributed by atoms with E-state index in [4.69, 9.17) is 10.5 Å². The van der Waals surface area contributed by atoms with Gasteiger partial charge in [0.2, 0.25) is 5.78 Å². The first-order chi connectivity index (χ1) is 11.7. The van der Waals surface area contributed by atoms with Crippen LogP contribution >= 0.6 is 0 Å². The van der Waals surface area contributed by atoms with E-state index in [0.717, 1.165) is 22.8 Å². The molecule has 0 aliphatic carbocycles. The van der Waals surface area contributed by atoms with Crippen LogP contribution in [0.4, 0.5) is 11.4 Å². The molecule has 2 aromatic rings. The molecule has 0 saturated heterocycles. The number of hydrogen-bond donors (Lipinski definition) is 1. The number of ether oxygens (including phenoxy) is 1. The zero-order valence-corrected chi connectivity index (χ0v) is 14.2. The van der Waals surface area contributed by atoms with E-state index >= 15 is 0 Å². The van der Waals surface area contributed by atoms with Crippen LogP contribution in [0, 0.1) is 30.9 Å². The predicted octanol–water partition coefficient (Wildman–Crippen LogP) is 3.14. The summed E-state index contributed by atoms with van der Waals surface area (Å²) in [5.41, 5.74) is 8.43. The highest BCUT2D eigenvalue weighted by Gasteiger charge is 2.19. The van der Waals surface area contributed by atoms with Gasteiger partial charge in [0.1, 0.15) is 0 Å². The Hall–Kier alpha value is -3.22. The number of nitro groups is 1.